The number of hydrogen-bond acceptors (Lipinski definition) is 6. The number of benzene rings is 1. The van der Waals surface area contributed by atoms with Gasteiger partial charge in [-0.3, -0.25) is 4.79 Å². The molecule has 0 unspecified atom stereocenters. The number of amides is 1. The number of carbonyl (C=O) groups excluding carboxylic acids is 1. The molecule has 112 valence electrons. The normalized spacial score (nSPS) is 12.1. The summed E-state index contributed by atoms with van der Waals surface area (Å²) in [7, 11) is 0. The number of aromatic nitrogens is 2. The lowest BCUT2D eigenvalue weighted by Gasteiger charge is -2.10. The van der Waals surface area contributed by atoms with Gasteiger partial charge in [0.05, 0.1) is 12.3 Å². The van der Waals surface area contributed by atoms with Crippen molar-refractivity contribution in [3.63, 3.8) is 0 Å². The quantitative estimate of drug-likeness (QED) is 0.843. The van der Waals surface area contributed by atoms with Gasteiger partial charge >= 0.3 is 0 Å². The van der Waals surface area contributed by atoms with E-state index in [1.165, 1.54) is 0 Å². The smallest absolute Gasteiger partial charge is 0.253 e. The van der Waals surface area contributed by atoms with Gasteiger partial charge in [-0.2, -0.15) is 16.7 Å². The molecule has 0 aliphatic heterocycles. The number of aliphatic hydroxyl groups is 1. The first-order valence-corrected chi connectivity index (χ1v) is 7.89. The summed E-state index contributed by atoms with van der Waals surface area (Å²) in [6, 6.07) is 6.41. The Morgan fingerprint density at radius 2 is 2.19 bits per heavy atom. The van der Waals surface area contributed by atoms with Crippen LogP contribution < -0.4 is 5.32 Å². The maximum Gasteiger partial charge on any atom is 0.253 e. The van der Waals surface area contributed by atoms with Crippen LogP contribution in [0, 0.1) is 0 Å². The number of carbonyl (C=O) groups is 1. The monoisotopic (exact) mass is 327 g/mol. The lowest BCUT2D eigenvalue weighted by Crippen LogP contribution is -2.28. The minimum Gasteiger partial charge on any atom is -0.378 e. The molecule has 0 aliphatic carbocycles. The van der Waals surface area contributed by atoms with Crippen molar-refractivity contribution in [3.8, 4) is 0 Å². The van der Waals surface area contributed by atoms with E-state index in [9.17, 15) is 9.90 Å². The molecule has 6 nitrogen and oxygen atoms in total. The summed E-state index contributed by atoms with van der Waals surface area (Å²) < 4.78 is 4.98. The van der Waals surface area contributed by atoms with Crippen LogP contribution in [0.1, 0.15) is 23.4 Å². The number of nitrogens with zero attached hydrogens (tertiary/aromatic N) is 2. The second-order valence-electron chi connectivity index (χ2n) is 4.21. The number of hydrogen-bond donors (Lipinski definition) is 2. The van der Waals surface area contributed by atoms with E-state index in [-0.39, 0.29) is 6.54 Å². The third-order valence-electron chi connectivity index (χ3n) is 2.63. The first-order chi connectivity index (χ1) is 10.1. The average Bonchev–Trinajstić information content (AvgIpc) is 2.93. The van der Waals surface area contributed by atoms with Crippen LogP contribution in [0.4, 0.5) is 0 Å². The first-order valence-electron chi connectivity index (χ1n) is 6.12. The van der Waals surface area contributed by atoms with E-state index in [1.54, 1.807) is 36.0 Å². The predicted molar refractivity (Wildman–Crippen MR) is 79.8 cm³/mol. The zero-order valence-corrected chi connectivity index (χ0v) is 12.8. The fourth-order valence-corrected chi connectivity index (χ4v) is 2.11. The molecule has 0 saturated carbocycles. The molecule has 0 fully saturated rings. The summed E-state index contributed by atoms with van der Waals surface area (Å²) in [4.78, 5) is 15.9. The van der Waals surface area contributed by atoms with E-state index in [0.717, 1.165) is 0 Å². The van der Waals surface area contributed by atoms with E-state index in [2.05, 4.69) is 15.5 Å². The molecular weight excluding hydrogens is 314 g/mol. The van der Waals surface area contributed by atoms with E-state index in [4.69, 9.17) is 16.1 Å². The minimum atomic E-state index is -1.27. The van der Waals surface area contributed by atoms with E-state index >= 15 is 0 Å². The molecule has 0 saturated heterocycles. The summed E-state index contributed by atoms with van der Waals surface area (Å²) in [6.45, 7) is 0.0743. The van der Waals surface area contributed by atoms with Crippen LogP contribution in [-0.4, -0.2) is 27.4 Å². The Morgan fingerprint density at radius 3 is 2.86 bits per heavy atom. The standard InChI is InChI=1S/C13H14ClN3O3S/c1-21-7-10-16-11(20-17-10)6-15-13(19)12(18)8-2-4-9(14)5-3-8/h2-5,12,18H,6-7H2,1H3,(H,15,19)/t12-/m0/s1. The van der Waals surface area contributed by atoms with Crippen LogP contribution in [0.25, 0.3) is 0 Å². The third-order valence-corrected chi connectivity index (χ3v) is 3.43. The number of nitrogens with one attached hydrogen (secondary N) is 1. The first kappa shape index (κ1) is 15.8. The SMILES string of the molecule is CSCc1noc(CNC(=O)[C@@H](O)c2ccc(Cl)cc2)n1. The van der Waals surface area contributed by atoms with Crippen molar-refractivity contribution in [2.45, 2.75) is 18.4 Å². The molecule has 2 N–H and O–H groups in total. The lowest BCUT2D eigenvalue weighted by molar-refractivity contribution is -0.129. The molecule has 8 heteroatoms. The van der Waals surface area contributed by atoms with Gasteiger partial charge in [0.2, 0.25) is 5.89 Å². The maximum absolute atomic E-state index is 11.8. The molecule has 1 atom stereocenters. The van der Waals surface area contributed by atoms with Gasteiger partial charge in [-0.25, -0.2) is 0 Å². The maximum atomic E-state index is 11.8. The molecule has 2 rings (SSSR count). The fraction of sp³-hybridized carbons (Fsp3) is 0.308. The summed E-state index contributed by atoms with van der Waals surface area (Å²) in [6.07, 6.45) is 0.663. The molecule has 0 aliphatic rings. The van der Waals surface area contributed by atoms with Crippen molar-refractivity contribution in [2.24, 2.45) is 0 Å². The Bertz CT molecular complexity index is 603. The second-order valence-corrected chi connectivity index (χ2v) is 5.51. The van der Waals surface area contributed by atoms with Crippen molar-refractivity contribution in [2.75, 3.05) is 6.26 Å². The van der Waals surface area contributed by atoms with Crippen LogP contribution >= 0.6 is 23.4 Å². The van der Waals surface area contributed by atoms with Crippen molar-refractivity contribution in [3.05, 3.63) is 46.6 Å². The number of aliphatic hydroxyl groups excluding tert-OH is 1. The van der Waals surface area contributed by atoms with Gasteiger partial charge in [0.25, 0.3) is 5.91 Å². The zero-order chi connectivity index (χ0) is 15.2. The second kappa shape index (κ2) is 7.44. The summed E-state index contributed by atoms with van der Waals surface area (Å²) in [5, 5.41) is 16.8. The number of rotatable bonds is 6. The van der Waals surface area contributed by atoms with Crippen LogP contribution in [-0.2, 0) is 17.1 Å². The molecule has 1 aromatic carbocycles. The highest BCUT2D eigenvalue weighted by Crippen LogP contribution is 2.16. The van der Waals surface area contributed by atoms with E-state index in [0.29, 0.717) is 28.1 Å². The van der Waals surface area contributed by atoms with Gasteiger partial charge < -0.3 is 14.9 Å². The van der Waals surface area contributed by atoms with Crippen molar-refractivity contribution >= 4 is 29.3 Å². The van der Waals surface area contributed by atoms with Crippen LogP contribution in [0.5, 0.6) is 0 Å². The Labute approximate surface area is 130 Å². The number of halogens is 1. The Hall–Kier alpha value is -1.57. The van der Waals surface area contributed by atoms with Crippen LogP contribution in [0.3, 0.4) is 0 Å². The molecule has 1 amide bonds. The minimum absolute atomic E-state index is 0.0743. The van der Waals surface area contributed by atoms with Gasteiger partial charge in [-0.1, -0.05) is 28.9 Å². The Balaban J connectivity index is 1.89. The Morgan fingerprint density at radius 1 is 1.48 bits per heavy atom. The van der Waals surface area contributed by atoms with Crippen LogP contribution in [0.15, 0.2) is 28.8 Å². The van der Waals surface area contributed by atoms with Gasteiger partial charge in [-0.15, -0.1) is 0 Å². The fourth-order valence-electron chi connectivity index (χ4n) is 1.61. The van der Waals surface area contributed by atoms with E-state index < -0.39 is 12.0 Å². The van der Waals surface area contributed by atoms with Gasteiger partial charge in [0.1, 0.15) is 0 Å². The van der Waals surface area contributed by atoms with Crippen molar-refractivity contribution in [1.82, 2.24) is 15.5 Å². The van der Waals surface area contributed by atoms with Gasteiger partial charge in [0, 0.05) is 5.02 Å². The lowest BCUT2D eigenvalue weighted by atomic mass is 10.1. The molecule has 0 radical (unpaired) electrons. The van der Waals surface area contributed by atoms with Crippen LogP contribution in [0.2, 0.25) is 5.02 Å². The Kier molecular flexibility index (Phi) is 5.60. The van der Waals surface area contributed by atoms with E-state index in [1.807, 2.05) is 6.26 Å². The highest BCUT2D eigenvalue weighted by molar-refractivity contribution is 7.97. The zero-order valence-electron chi connectivity index (χ0n) is 11.2. The summed E-state index contributed by atoms with van der Waals surface area (Å²) in [5.74, 6) is 0.979. The highest BCUT2D eigenvalue weighted by atomic mass is 35.5. The molecule has 0 spiro atoms. The molecule has 0 bridgehead atoms. The largest absolute Gasteiger partial charge is 0.378 e. The topological polar surface area (TPSA) is 88.2 Å². The summed E-state index contributed by atoms with van der Waals surface area (Å²) >= 11 is 7.33. The van der Waals surface area contributed by atoms with Gasteiger partial charge in [-0.05, 0) is 24.0 Å². The third kappa shape index (κ3) is 4.45. The molecule has 1 heterocycles. The summed E-state index contributed by atoms with van der Waals surface area (Å²) in [5.41, 5.74) is 0.463. The number of thioether (sulfide) groups is 1. The average molecular weight is 328 g/mol. The van der Waals surface area contributed by atoms with Crippen molar-refractivity contribution < 1.29 is 14.4 Å². The van der Waals surface area contributed by atoms with Crippen molar-refractivity contribution in [1.29, 1.82) is 0 Å². The molecular formula is C13H14ClN3O3S. The van der Waals surface area contributed by atoms with Gasteiger partial charge in [0.15, 0.2) is 11.9 Å². The molecule has 21 heavy (non-hydrogen) atoms. The molecule has 1 aromatic heterocycles. The molecule has 2 aromatic rings. The predicted octanol–water partition coefficient (Wildman–Crippen LogP) is 1.94. The highest BCUT2D eigenvalue weighted by Gasteiger charge is 2.18.